The molecule has 12 nitrogen and oxygen atoms in total. The van der Waals surface area contributed by atoms with Crippen molar-refractivity contribution in [2.45, 2.75) is 48.5 Å². The zero-order valence-electron chi connectivity index (χ0n) is 48.4. The Morgan fingerprint density at radius 2 is 0.448 bits per heavy atom. The Hall–Kier alpha value is -5.04. The lowest BCUT2D eigenvalue weighted by atomic mass is 10.0. The molecule has 0 bridgehead atoms. The summed E-state index contributed by atoms with van der Waals surface area (Å²) >= 11 is 0. The zero-order valence-corrected chi connectivity index (χ0v) is 49.4. The van der Waals surface area contributed by atoms with E-state index in [4.69, 9.17) is 0 Å². The van der Waals surface area contributed by atoms with Crippen LogP contribution in [0.15, 0.2) is 21.9 Å². The summed E-state index contributed by atoms with van der Waals surface area (Å²) in [5.74, 6) is 0.122. The lowest BCUT2D eigenvalue weighted by Crippen LogP contribution is -2.73. The van der Waals surface area contributed by atoms with E-state index in [9.17, 15) is 0 Å². The highest BCUT2D eigenvalue weighted by Crippen LogP contribution is 2.55. The van der Waals surface area contributed by atoms with Gasteiger partial charge in [0.15, 0.2) is 8.07 Å². The van der Waals surface area contributed by atoms with Gasteiger partial charge in [-0.25, -0.2) is 0 Å². The van der Waals surface area contributed by atoms with Gasteiger partial charge in [0.05, 0.1) is 51.2 Å². The van der Waals surface area contributed by atoms with Crippen molar-refractivity contribution in [3.05, 3.63) is 38.6 Å². The molecule has 1 aliphatic rings. The molecular weight excluding hydrogens is 845 g/mol. The zero-order chi connectivity index (χ0) is 51.7. The lowest BCUT2D eigenvalue weighted by Gasteiger charge is -2.50. The number of hydrogen-bond acceptors (Lipinski definition) is 12. The van der Waals surface area contributed by atoms with Crippen molar-refractivity contribution in [2.24, 2.45) is 5.92 Å². The summed E-state index contributed by atoms with van der Waals surface area (Å²) in [6, 6.07) is 0. The molecule has 0 heterocycles. The molecule has 0 saturated carbocycles. The molecule has 0 aromatic heterocycles. The highest BCUT2D eigenvalue weighted by Gasteiger charge is 2.59. The van der Waals surface area contributed by atoms with Gasteiger partial charge >= 0.3 is 0 Å². The predicted octanol–water partition coefficient (Wildman–Crippen LogP) is 6.72. The van der Waals surface area contributed by atoms with Gasteiger partial charge in [0.25, 0.3) is 0 Å². The van der Waals surface area contributed by atoms with Crippen molar-refractivity contribution in [1.82, 2.24) is 0 Å². The molecule has 0 saturated heterocycles. The normalized spacial score (nSPS) is 13.9. The Labute approximate surface area is 411 Å². The minimum absolute atomic E-state index is 0.122. The maximum atomic E-state index is 2.52. The second kappa shape index (κ2) is 19.5. The number of allylic oxidation sites excluding steroid dienone is 4. The largest absolute Gasteiger partial charge is 0.377 e. The summed E-state index contributed by atoms with van der Waals surface area (Å²) in [7, 11) is 50.2. The van der Waals surface area contributed by atoms with Crippen molar-refractivity contribution in [2.75, 3.05) is 228 Å². The molecule has 67 heavy (non-hydrogen) atoms. The number of benzene rings is 3. The fourth-order valence-electron chi connectivity index (χ4n) is 12.2. The van der Waals surface area contributed by atoms with E-state index in [-0.39, 0.29) is 5.92 Å². The smallest absolute Gasteiger partial charge is 0.191 e. The summed E-state index contributed by atoms with van der Waals surface area (Å²) in [5, 5.41) is 5.74. The molecule has 3 aromatic carbocycles. The topological polar surface area (TPSA) is 38.9 Å². The number of hydrogen-bond donors (Lipinski definition) is 0. The molecule has 1 aliphatic carbocycles. The van der Waals surface area contributed by atoms with E-state index >= 15 is 0 Å². The first-order valence-electron chi connectivity index (χ1n) is 23.8. The van der Waals surface area contributed by atoms with E-state index < -0.39 is 8.07 Å². The standard InChI is InChI=1S/C54H94N12Si/c1-32-33(2)35(4)51(34(32)3)67(52-42(58(14)15)36(5)39(55(8)9)45(61(20)21)48(52)64(26)27,53-43(59(16)17)37(6)40(56(10)11)46(62(22)23)49(53)65(28)29)54-44(60(18)19)38(7)41(57(12)13)47(63(24)25)50(54)66(30)31/h34H,1-31H3. The first-order chi connectivity index (χ1) is 30.7. The minimum Gasteiger partial charge on any atom is -0.377 e. The molecule has 4 rings (SSSR count). The number of anilines is 12. The quantitative estimate of drug-likeness (QED) is 0.113. The van der Waals surface area contributed by atoms with Gasteiger partial charge < -0.3 is 58.8 Å². The van der Waals surface area contributed by atoms with E-state index in [1.54, 1.807) is 0 Å². The third-order valence-corrected chi connectivity index (χ3v) is 19.7. The van der Waals surface area contributed by atoms with Gasteiger partial charge in [-0.3, -0.25) is 0 Å². The molecule has 0 spiro atoms. The van der Waals surface area contributed by atoms with Crippen LogP contribution in [-0.2, 0) is 0 Å². The fourth-order valence-corrected chi connectivity index (χ4v) is 19.7. The van der Waals surface area contributed by atoms with Crippen molar-refractivity contribution in [3.63, 3.8) is 0 Å². The monoisotopic (exact) mass is 939 g/mol. The highest BCUT2D eigenvalue weighted by molar-refractivity contribution is 7.20. The molecular formula is C54H94N12Si. The van der Waals surface area contributed by atoms with Crippen LogP contribution < -0.4 is 74.4 Å². The maximum absolute atomic E-state index is 3.89. The molecule has 374 valence electrons. The highest BCUT2D eigenvalue weighted by atomic mass is 28.3. The Kier molecular flexibility index (Phi) is 15.9. The van der Waals surface area contributed by atoms with Crippen LogP contribution in [0, 0.1) is 26.7 Å². The average molecular weight is 940 g/mol. The second-order valence-electron chi connectivity index (χ2n) is 21.7. The average Bonchev–Trinajstić information content (AvgIpc) is 3.37. The molecule has 0 fully saturated rings. The first kappa shape index (κ1) is 54.6. The van der Waals surface area contributed by atoms with Crippen LogP contribution in [0.25, 0.3) is 0 Å². The number of rotatable bonds is 16. The molecule has 3 aromatic rings. The van der Waals surface area contributed by atoms with E-state index in [0.717, 1.165) is 0 Å². The SMILES string of the molecule is CC1=C(C)C(C)C([Si](c2c(N(C)C)c(C)c(N(C)C)c(N(C)C)c2N(C)C)(c2c(N(C)C)c(C)c(N(C)C)c(N(C)C)c2N(C)C)c2c(N(C)C)c(C)c(N(C)C)c(N(C)C)c2N(C)C)=C1C. The van der Waals surface area contributed by atoms with Crippen molar-refractivity contribution < 1.29 is 0 Å². The molecule has 0 amide bonds. The maximum Gasteiger partial charge on any atom is 0.191 e. The minimum atomic E-state index is -3.89. The third kappa shape index (κ3) is 8.39. The molecule has 1 unspecified atom stereocenters. The van der Waals surface area contributed by atoms with Gasteiger partial charge in [-0.15, -0.1) is 0 Å². The Morgan fingerprint density at radius 1 is 0.254 bits per heavy atom. The van der Waals surface area contributed by atoms with E-state index in [0.29, 0.717) is 0 Å². The van der Waals surface area contributed by atoms with Crippen LogP contribution in [0.3, 0.4) is 0 Å². The van der Waals surface area contributed by atoms with Crippen molar-refractivity contribution >= 4 is 91.9 Å². The fraction of sp³-hybridized carbons (Fsp3) is 0.593. The van der Waals surface area contributed by atoms with Crippen LogP contribution in [0.2, 0.25) is 0 Å². The Bertz CT molecular complexity index is 2200. The van der Waals surface area contributed by atoms with Gasteiger partial charge in [-0.05, 0) is 69.7 Å². The number of nitrogens with zero attached hydrogens (tertiary/aromatic N) is 12. The predicted molar refractivity (Wildman–Crippen MR) is 310 cm³/mol. The summed E-state index contributed by atoms with van der Waals surface area (Å²) in [4.78, 5) is 28.8. The lowest BCUT2D eigenvalue weighted by molar-refractivity contribution is 0.851. The van der Waals surface area contributed by atoms with Crippen LogP contribution in [-0.4, -0.2) is 177 Å². The van der Waals surface area contributed by atoms with Crippen LogP contribution in [0.1, 0.15) is 44.4 Å². The third-order valence-electron chi connectivity index (χ3n) is 14.4. The summed E-state index contributed by atoms with van der Waals surface area (Å²) in [6.45, 7) is 16.9. The van der Waals surface area contributed by atoms with Gasteiger partial charge in [-0.2, -0.15) is 0 Å². The first-order valence-corrected chi connectivity index (χ1v) is 25.8. The molecule has 13 heteroatoms. The molecule has 1 atom stereocenters. The van der Waals surface area contributed by atoms with Crippen molar-refractivity contribution in [1.29, 1.82) is 0 Å². The van der Waals surface area contributed by atoms with Crippen LogP contribution >= 0.6 is 0 Å². The van der Waals surface area contributed by atoms with E-state index in [2.05, 4.69) is 276 Å². The molecule has 0 radical (unpaired) electrons. The van der Waals surface area contributed by atoms with E-state index in [1.807, 2.05) is 0 Å². The van der Waals surface area contributed by atoms with Gasteiger partial charge in [0.1, 0.15) is 0 Å². The summed E-state index contributed by atoms with van der Waals surface area (Å²) in [5.41, 5.74) is 22.9. The van der Waals surface area contributed by atoms with E-state index in [1.165, 1.54) is 122 Å². The van der Waals surface area contributed by atoms with Crippen LogP contribution in [0.4, 0.5) is 68.2 Å². The van der Waals surface area contributed by atoms with Gasteiger partial charge in [-0.1, -0.05) is 23.3 Å². The second-order valence-corrected chi connectivity index (χ2v) is 25.3. The molecule has 0 aliphatic heterocycles. The summed E-state index contributed by atoms with van der Waals surface area (Å²) in [6.07, 6.45) is 0. The summed E-state index contributed by atoms with van der Waals surface area (Å²) < 4.78 is 0. The van der Waals surface area contributed by atoms with Crippen molar-refractivity contribution in [3.8, 4) is 0 Å². The Morgan fingerprint density at radius 3 is 0.597 bits per heavy atom. The van der Waals surface area contributed by atoms with Gasteiger partial charge in [0, 0.05) is 202 Å². The Balaban J connectivity index is 3.08. The molecule has 0 N–H and O–H groups in total. The van der Waals surface area contributed by atoms with Gasteiger partial charge in [0.2, 0.25) is 0 Å². The van der Waals surface area contributed by atoms with Crippen LogP contribution in [0.5, 0.6) is 0 Å².